The van der Waals surface area contributed by atoms with Gasteiger partial charge in [-0.25, -0.2) is 4.39 Å². The normalized spacial score (nSPS) is 12.1. The number of halogens is 3. The summed E-state index contributed by atoms with van der Waals surface area (Å²) >= 11 is 12.4. The molecule has 0 aromatic heterocycles. The summed E-state index contributed by atoms with van der Waals surface area (Å²) in [5, 5.41) is -0.593. The fourth-order valence-corrected chi connectivity index (χ4v) is 2.56. The molecule has 0 saturated carbocycles. The van der Waals surface area contributed by atoms with Crippen LogP contribution in [0.15, 0.2) is 36.4 Å². The molecule has 0 spiro atoms. The SMILES string of the molecule is COc1ccc(C(Cl)c2cccc(F)c2Cl)c(OC)c1. The monoisotopic (exact) mass is 314 g/mol. The zero-order valence-corrected chi connectivity index (χ0v) is 12.5. The van der Waals surface area contributed by atoms with E-state index in [1.807, 2.05) is 0 Å². The zero-order chi connectivity index (χ0) is 14.7. The standard InChI is InChI=1S/C15H13Cl2FO2/c1-19-9-6-7-10(13(8-9)20-2)14(16)11-4-3-5-12(18)15(11)17/h3-8,14H,1-2H3. The predicted molar refractivity (Wildman–Crippen MR) is 78.7 cm³/mol. The summed E-state index contributed by atoms with van der Waals surface area (Å²) in [6.07, 6.45) is 0. The molecule has 0 aliphatic rings. The van der Waals surface area contributed by atoms with E-state index in [0.717, 1.165) is 0 Å². The second-order valence-electron chi connectivity index (χ2n) is 4.11. The molecular weight excluding hydrogens is 302 g/mol. The van der Waals surface area contributed by atoms with Crippen molar-refractivity contribution in [2.45, 2.75) is 5.38 Å². The lowest BCUT2D eigenvalue weighted by molar-refractivity contribution is 0.391. The highest BCUT2D eigenvalue weighted by atomic mass is 35.5. The first-order chi connectivity index (χ1) is 9.58. The van der Waals surface area contributed by atoms with E-state index in [2.05, 4.69) is 0 Å². The molecule has 5 heteroatoms. The molecule has 2 aromatic rings. The van der Waals surface area contributed by atoms with E-state index in [9.17, 15) is 4.39 Å². The molecule has 0 bridgehead atoms. The zero-order valence-electron chi connectivity index (χ0n) is 11.0. The van der Waals surface area contributed by atoms with Crippen LogP contribution in [0.5, 0.6) is 11.5 Å². The summed E-state index contributed by atoms with van der Waals surface area (Å²) in [7, 11) is 3.10. The largest absolute Gasteiger partial charge is 0.497 e. The molecule has 0 amide bonds. The van der Waals surface area contributed by atoms with E-state index in [4.69, 9.17) is 32.7 Å². The van der Waals surface area contributed by atoms with E-state index in [0.29, 0.717) is 22.6 Å². The van der Waals surface area contributed by atoms with Crippen molar-refractivity contribution in [1.29, 1.82) is 0 Å². The lowest BCUT2D eigenvalue weighted by atomic mass is 10.0. The highest BCUT2D eigenvalue weighted by Crippen LogP contribution is 2.40. The minimum Gasteiger partial charge on any atom is -0.497 e. The number of hydrogen-bond donors (Lipinski definition) is 0. The van der Waals surface area contributed by atoms with Gasteiger partial charge in [-0.15, -0.1) is 11.6 Å². The smallest absolute Gasteiger partial charge is 0.142 e. The minimum absolute atomic E-state index is 0.0189. The number of alkyl halides is 1. The van der Waals surface area contributed by atoms with Crippen LogP contribution in [0.1, 0.15) is 16.5 Å². The molecule has 2 rings (SSSR count). The van der Waals surface area contributed by atoms with Crippen LogP contribution in [0.4, 0.5) is 4.39 Å². The Hall–Kier alpha value is -1.45. The maximum Gasteiger partial charge on any atom is 0.142 e. The van der Waals surface area contributed by atoms with Crippen molar-refractivity contribution < 1.29 is 13.9 Å². The van der Waals surface area contributed by atoms with Crippen molar-refractivity contribution in [3.63, 3.8) is 0 Å². The minimum atomic E-state index is -0.612. The van der Waals surface area contributed by atoms with Gasteiger partial charge in [-0.1, -0.05) is 23.7 Å². The van der Waals surface area contributed by atoms with Gasteiger partial charge in [-0.2, -0.15) is 0 Å². The van der Waals surface area contributed by atoms with Gasteiger partial charge >= 0.3 is 0 Å². The highest BCUT2D eigenvalue weighted by molar-refractivity contribution is 6.33. The molecule has 0 radical (unpaired) electrons. The van der Waals surface area contributed by atoms with E-state index in [1.54, 1.807) is 37.4 Å². The Labute approximate surface area is 127 Å². The molecule has 1 atom stereocenters. The van der Waals surface area contributed by atoms with Crippen molar-refractivity contribution >= 4 is 23.2 Å². The number of benzene rings is 2. The molecule has 2 aromatic carbocycles. The third-order valence-electron chi connectivity index (χ3n) is 2.97. The van der Waals surface area contributed by atoms with Crippen molar-refractivity contribution in [1.82, 2.24) is 0 Å². The summed E-state index contributed by atoms with van der Waals surface area (Å²) in [6.45, 7) is 0. The fourth-order valence-electron chi connectivity index (χ4n) is 1.91. The van der Waals surface area contributed by atoms with E-state index >= 15 is 0 Å². The summed E-state index contributed by atoms with van der Waals surface area (Å²) in [5.41, 5.74) is 1.19. The van der Waals surface area contributed by atoms with E-state index in [1.165, 1.54) is 13.2 Å². The van der Waals surface area contributed by atoms with Crippen LogP contribution >= 0.6 is 23.2 Å². The summed E-state index contributed by atoms with van der Waals surface area (Å²) in [5.74, 6) is 0.715. The van der Waals surface area contributed by atoms with Crippen LogP contribution in [-0.4, -0.2) is 14.2 Å². The summed E-state index contributed by atoms with van der Waals surface area (Å²) in [6, 6.07) is 9.81. The number of rotatable bonds is 4. The van der Waals surface area contributed by atoms with Gasteiger partial charge in [-0.3, -0.25) is 0 Å². The molecule has 0 aliphatic carbocycles. The average molecular weight is 315 g/mol. The Morgan fingerprint density at radius 3 is 2.45 bits per heavy atom. The van der Waals surface area contributed by atoms with Crippen molar-refractivity contribution in [3.05, 3.63) is 58.4 Å². The van der Waals surface area contributed by atoms with Crippen molar-refractivity contribution in [2.75, 3.05) is 14.2 Å². The Bertz CT molecular complexity index is 617. The van der Waals surface area contributed by atoms with E-state index in [-0.39, 0.29) is 5.02 Å². The Morgan fingerprint density at radius 2 is 1.80 bits per heavy atom. The van der Waals surface area contributed by atoms with Crippen LogP contribution in [0.3, 0.4) is 0 Å². The van der Waals surface area contributed by atoms with Crippen LogP contribution in [0.25, 0.3) is 0 Å². The molecule has 20 heavy (non-hydrogen) atoms. The first-order valence-corrected chi connectivity index (χ1v) is 6.69. The first-order valence-electron chi connectivity index (χ1n) is 5.88. The van der Waals surface area contributed by atoms with Gasteiger partial charge in [0.25, 0.3) is 0 Å². The van der Waals surface area contributed by atoms with E-state index < -0.39 is 11.2 Å². The maximum atomic E-state index is 13.5. The fraction of sp³-hybridized carbons (Fsp3) is 0.200. The van der Waals surface area contributed by atoms with Gasteiger partial charge < -0.3 is 9.47 Å². The Kier molecular flexibility index (Phi) is 4.73. The van der Waals surface area contributed by atoms with Crippen molar-refractivity contribution in [2.24, 2.45) is 0 Å². The van der Waals surface area contributed by atoms with Gasteiger partial charge in [0.2, 0.25) is 0 Å². The molecular formula is C15H13Cl2FO2. The molecule has 0 heterocycles. The molecule has 1 unspecified atom stereocenters. The molecule has 0 saturated heterocycles. The molecule has 0 N–H and O–H groups in total. The molecule has 0 aliphatic heterocycles. The Balaban J connectivity index is 2.47. The number of hydrogen-bond acceptors (Lipinski definition) is 2. The molecule has 106 valence electrons. The summed E-state index contributed by atoms with van der Waals surface area (Å²) in [4.78, 5) is 0. The number of ether oxygens (including phenoxy) is 2. The van der Waals surface area contributed by atoms with Gasteiger partial charge in [-0.05, 0) is 23.8 Å². The third kappa shape index (κ3) is 2.84. The topological polar surface area (TPSA) is 18.5 Å². The van der Waals surface area contributed by atoms with Crippen molar-refractivity contribution in [3.8, 4) is 11.5 Å². The van der Waals surface area contributed by atoms with Gasteiger partial charge in [0.05, 0.1) is 24.6 Å². The second-order valence-corrected chi connectivity index (χ2v) is 4.93. The quantitative estimate of drug-likeness (QED) is 0.753. The third-order valence-corrected chi connectivity index (χ3v) is 3.84. The Morgan fingerprint density at radius 1 is 1.05 bits per heavy atom. The maximum absolute atomic E-state index is 13.5. The summed E-state index contributed by atoms with van der Waals surface area (Å²) < 4.78 is 23.9. The first kappa shape index (κ1) is 14.9. The van der Waals surface area contributed by atoms with Crippen LogP contribution in [0, 0.1) is 5.82 Å². The number of methoxy groups -OCH3 is 2. The molecule has 0 fully saturated rings. The molecule has 2 nitrogen and oxygen atoms in total. The van der Waals surface area contributed by atoms with Crippen LogP contribution in [0.2, 0.25) is 5.02 Å². The average Bonchev–Trinajstić information content (AvgIpc) is 2.48. The van der Waals surface area contributed by atoms with Gasteiger partial charge in [0.1, 0.15) is 17.3 Å². The van der Waals surface area contributed by atoms with Crippen LogP contribution < -0.4 is 9.47 Å². The lowest BCUT2D eigenvalue weighted by Crippen LogP contribution is -2.00. The second kappa shape index (κ2) is 6.33. The van der Waals surface area contributed by atoms with Crippen LogP contribution in [-0.2, 0) is 0 Å². The van der Waals surface area contributed by atoms with Gasteiger partial charge in [0.15, 0.2) is 0 Å². The predicted octanol–water partition coefficient (Wildman–Crippen LogP) is 4.82. The van der Waals surface area contributed by atoms with Gasteiger partial charge in [0, 0.05) is 11.6 Å². The lowest BCUT2D eigenvalue weighted by Gasteiger charge is -2.16. The highest BCUT2D eigenvalue weighted by Gasteiger charge is 2.20.